The summed E-state index contributed by atoms with van der Waals surface area (Å²) in [6.07, 6.45) is 0. The van der Waals surface area contributed by atoms with Crippen LogP contribution in [0.15, 0.2) is 24.3 Å². The summed E-state index contributed by atoms with van der Waals surface area (Å²) in [7, 11) is 0. The molecule has 0 aliphatic heterocycles. The van der Waals surface area contributed by atoms with Crippen LogP contribution in [-0.2, 0) is 6.54 Å². The SMILES string of the molecule is Cc1nc(N)sc1C(=O)N(Cc1cccc(Cl)c1)C(C)C. The highest BCUT2D eigenvalue weighted by atomic mass is 35.5. The predicted molar refractivity (Wildman–Crippen MR) is 87.7 cm³/mol. The summed E-state index contributed by atoms with van der Waals surface area (Å²) in [6.45, 7) is 6.29. The van der Waals surface area contributed by atoms with Gasteiger partial charge in [-0.1, -0.05) is 35.1 Å². The molecule has 0 spiro atoms. The number of nitrogens with zero attached hydrogens (tertiary/aromatic N) is 2. The Hall–Kier alpha value is -1.59. The Kier molecular flexibility index (Phi) is 4.85. The minimum absolute atomic E-state index is 0.0447. The maximum absolute atomic E-state index is 12.7. The number of carbonyl (C=O) groups is 1. The molecule has 1 heterocycles. The van der Waals surface area contributed by atoms with Crippen LogP contribution in [0.1, 0.15) is 34.8 Å². The molecule has 6 heteroatoms. The smallest absolute Gasteiger partial charge is 0.266 e. The number of benzene rings is 1. The summed E-state index contributed by atoms with van der Waals surface area (Å²) in [4.78, 5) is 19.2. The van der Waals surface area contributed by atoms with Crippen LogP contribution in [0.4, 0.5) is 5.13 Å². The summed E-state index contributed by atoms with van der Waals surface area (Å²) < 4.78 is 0. The van der Waals surface area contributed by atoms with E-state index < -0.39 is 0 Å². The van der Waals surface area contributed by atoms with Crippen LogP contribution in [0.25, 0.3) is 0 Å². The fourth-order valence-electron chi connectivity index (χ4n) is 2.07. The van der Waals surface area contributed by atoms with Crippen molar-refractivity contribution in [1.29, 1.82) is 0 Å². The third kappa shape index (κ3) is 3.74. The summed E-state index contributed by atoms with van der Waals surface area (Å²) in [5, 5.41) is 1.09. The third-order valence-corrected chi connectivity index (χ3v) is 4.34. The second-order valence-corrected chi connectivity index (χ2v) is 6.59. The Morgan fingerprint density at radius 1 is 1.48 bits per heavy atom. The fourth-order valence-corrected chi connectivity index (χ4v) is 3.07. The van der Waals surface area contributed by atoms with Gasteiger partial charge >= 0.3 is 0 Å². The highest BCUT2D eigenvalue weighted by molar-refractivity contribution is 7.17. The van der Waals surface area contributed by atoms with Gasteiger partial charge in [0.1, 0.15) is 4.88 Å². The molecule has 0 bridgehead atoms. The van der Waals surface area contributed by atoms with E-state index in [0.717, 1.165) is 5.56 Å². The molecular weight excluding hydrogens is 306 g/mol. The molecule has 0 aliphatic rings. The first-order chi connectivity index (χ1) is 9.88. The molecule has 112 valence electrons. The third-order valence-electron chi connectivity index (χ3n) is 3.13. The summed E-state index contributed by atoms with van der Waals surface area (Å²) in [6, 6.07) is 7.61. The minimum atomic E-state index is -0.0447. The van der Waals surface area contributed by atoms with Crippen molar-refractivity contribution in [2.24, 2.45) is 0 Å². The quantitative estimate of drug-likeness (QED) is 0.932. The number of thiazole rings is 1. The van der Waals surface area contributed by atoms with Crippen LogP contribution < -0.4 is 5.73 Å². The summed E-state index contributed by atoms with van der Waals surface area (Å²) in [5.41, 5.74) is 7.36. The monoisotopic (exact) mass is 323 g/mol. The number of anilines is 1. The van der Waals surface area contributed by atoms with Gasteiger partial charge in [0.25, 0.3) is 5.91 Å². The van der Waals surface area contributed by atoms with Crippen LogP contribution in [-0.4, -0.2) is 21.8 Å². The van der Waals surface area contributed by atoms with Gasteiger partial charge in [0, 0.05) is 17.6 Å². The molecule has 4 nitrogen and oxygen atoms in total. The van der Waals surface area contributed by atoms with Crippen LogP contribution >= 0.6 is 22.9 Å². The van der Waals surface area contributed by atoms with Gasteiger partial charge in [-0.3, -0.25) is 4.79 Å². The maximum Gasteiger partial charge on any atom is 0.266 e. The average Bonchev–Trinajstić information content (AvgIpc) is 2.74. The largest absolute Gasteiger partial charge is 0.375 e. The number of aryl methyl sites for hydroxylation is 1. The highest BCUT2D eigenvalue weighted by Crippen LogP contribution is 2.24. The topological polar surface area (TPSA) is 59.2 Å². The number of hydrogen-bond acceptors (Lipinski definition) is 4. The summed E-state index contributed by atoms with van der Waals surface area (Å²) in [5.74, 6) is -0.0447. The molecule has 2 rings (SSSR count). The van der Waals surface area contributed by atoms with E-state index in [9.17, 15) is 4.79 Å². The highest BCUT2D eigenvalue weighted by Gasteiger charge is 2.23. The second kappa shape index (κ2) is 6.45. The Bertz CT molecular complexity index is 654. The van der Waals surface area contributed by atoms with Gasteiger partial charge in [0.2, 0.25) is 0 Å². The number of amides is 1. The number of rotatable bonds is 4. The van der Waals surface area contributed by atoms with E-state index in [0.29, 0.717) is 27.3 Å². The van der Waals surface area contributed by atoms with Crippen molar-refractivity contribution in [3.8, 4) is 0 Å². The van der Waals surface area contributed by atoms with Crippen molar-refractivity contribution in [2.75, 3.05) is 5.73 Å². The zero-order valence-corrected chi connectivity index (χ0v) is 13.8. The number of nitrogen functional groups attached to an aromatic ring is 1. The van der Waals surface area contributed by atoms with Crippen molar-refractivity contribution in [3.63, 3.8) is 0 Å². The van der Waals surface area contributed by atoms with Crippen molar-refractivity contribution in [2.45, 2.75) is 33.4 Å². The maximum atomic E-state index is 12.7. The molecule has 0 atom stereocenters. The van der Waals surface area contributed by atoms with Gasteiger partial charge < -0.3 is 10.6 Å². The Labute approximate surface area is 133 Å². The van der Waals surface area contributed by atoms with Crippen LogP contribution in [0.5, 0.6) is 0 Å². The van der Waals surface area contributed by atoms with Crippen LogP contribution in [0, 0.1) is 6.92 Å². The lowest BCUT2D eigenvalue weighted by Gasteiger charge is -2.26. The molecule has 2 N–H and O–H groups in total. The molecule has 0 fully saturated rings. The molecule has 21 heavy (non-hydrogen) atoms. The van der Waals surface area contributed by atoms with Gasteiger partial charge in [-0.05, 0) is 38.5 Å². The lowest BCUT2D eigenvalue weighted by Crippen LogP contribution is -2.36. The molecule has 1 amide bonds. The van der Waals surface area contributed by atoms with E-state index in [4.69, 9.17) is 17.3 Å². The van der Waals surface area contributed by atoms with Crippen molar-refractivity contribution < 1.29 is 4.79 Å². The molecule has 0 saturated carbocycles. The Morgan fingerprint density at radius 3 is 2.71 bits per heavy atom. The molecule has 2 aromatic rings. The van der Waals surface area contributed by atoms with Gasteiger partial charge in [-0.25, -0.2) is 4.98 Å². The Balaban J connectivity index is 2.27. The zero-order chi connectivity index (χ0) is 15.6. The van der Waals surface area contributed by atoms with E-state index in [1.54, 1.807) is 11.8 Å². The lowest BCUT2D eigenvalue weighted by molar-refractivity contribution is 0.0694. The van der Waals surface area contributed by atoms with E-state index in [-0.39, 0.29) is 11.9 Å². The predicted octanol–water partition coefficient (Wildman–Crippen LogP) is 3.74. The lowest BCUT2D eigenvalue weighted by atomic mass is 10.1. The zero-order valence-electron chi connectivity index (χ0n) is 12.3. The molecule has 1 aromatic heterocycles. The van der Waals surface area contributed by atoms with E-state index in [2.05, 4.69) is 4.98 Å². The first-order valence-corrected chi connectivity index (χ1v) is 7.86. The Morgan fingerprint density at radius 2 is 2.19 bits per heavy atom. The number of carbonyl (C=O) groups excluding carboxylic acids is 1. The fraction of sp³-hybridized carbons (Fsp3) is 0.333. The van der Waals surface area contributed by atoms with Gasteiger partial charge in [-0.15, -0.1) is 0 Å². The molecule has 1 aromatic carbocycles. The van der Waals surface area contributed by atoms with E-state index in [1.165, 1.54) is 11.3 Å². The van der Waals surface area contributed by atoms with Crippen molar-refractivity contribution in [3.05, 3.63) is 45.4 Å². The number of hydrogen-bond donors (Lipinski definition) is 1. The van der Waals surface area contributed by atoms with Crippen molar-refractivity contribution >= 4 is 34.0 Å². The number of nitrogens with two attached hydrogens (primary N) is 1. The first kappa shape index (κ1) is 15.8. The first-order valence-electron chi connectivity index (χ1n) is 6.66. The molecule has 0 radical (unpaired) electrons. The van der Waals surface area contributed by atoms with Gasteiger partial charge in [0.05, 0.1) is 5.69 Å². The summed E-state index contributed by atoms with van der Waals surface area (Å²) >= 11 is 7.24. The molecule has 0 unspecified atom stereocenters. The van der Waals surface area contributed by atoms with Crippen LogP contribution in [0.2, 0.25) is 5.02 Å². The normalized spacial score (nSPS) is 10.9. The van der Waals surface area contributed by atoms with Crippen LogP contribution in [0.3, 0.4) is 0 Å². The molecular formula is C15H18ClN3OS. The van der Waals surface area contributed by atoms with Crippen molar-refractivity contribution in [1.82, 2.24) is 9.88 Å². The molecule has 0 aliphatic carbocycles. The molecule has 0 saturated heterocycles. The number of aromatic nitrogens is 1. The van der Waals surface area contributed by atoms with E-state index in [1.807, 2.05) is 38.1 Å². The number of halogens is 1. The van der Waals surface area contributed by atoms with E-state index >= 15 is 0 Å². The van der Waals surface area contributed by atoms with Gasteiger partial charge in [-0.2, -0.15) is 0 Å². The minimum Gasteiger partial charge on any atom is -0.375 e. The second-order valence-electron chi connectivity index (χ2n) is 5.12. The average molecular weight is 324 g/mol. The standard InChI is InChI=1S/C15H18ClN3OS/c1-9(2)19(8-11-5-4-6-12(16)7-11)14(20)13-10(3)18-15(17)21-13/h4-7,9H,8H2,1-3H3,(H2,17,18). The van der Waals surface area contributed by atoms with Gasteiger partial charge in [0.15, 0.2) is 5.13 Å².